The molecule has 0 N–H and O–H groups in total. The van der Waals surface area contributed by atoms with Crippen molar-refractivity contribution in [3.8, 4) is 35.3 Å². The summed E-state index contributed by atoms with van der Waals surface area (Å²) in [4.78, 5) is 0. The van der Waals surface area contributed by atoms with Gasteiger partial charge in [0.05, 0.1) is 0 Å². The summed E-state index contributed by atoms with van der Waals surface area (Å²) in [7, 11) is -3.44. The number of terminal acetylenes is 1. The van der Waals surface area contributed by atoms with Crippen LogP contribution >= 0.6 is 0 Å². The van der Waals surface area contributed by atoms with Gasteiger partial charge in [-0.1, -0.05) is 109 Å². The van der Waals surface area contributed by atoms with Crippen LogP contribution < -0.4 is 0 Å². The molecule has 0 aliphatic heterocycles. The van der Waals surface area contributed by atoms with Crippen molar-refractivity contribution in [1.82, 2.24) is 0 Å². The molecule has 0 aliphatic rings. The molecule has 0 spiro atoms. The molecule has 27 heavy (non-hydrogen) atoms. The molecule has 1 atom stereocenters. The van der Waals surface area contributed by atoms with Crippen molar-refractivity contribution in [2.24, 2.45) is 0 Å². The van der Waals surface area contributed by atoms with Crippen LogP contribution in [0, 0.1) is 35.3 Å². The molecule has 0 radical (unpaired) electrons. The Morgan fingerprint density at radius 1 is 0.778 bits per heavy atom. The van der Waals surface area contributed by atoms with Gasteiger partial charge in [-0.15, -0.1) is 17.5 Å². The third-order valence-electron chi connectivity index (χ3n) is 5.38. The second-order valence-corrected chi connectivity index (χ2v) is 19.7. The second-order valence-electron chi connectivity index (χ2n) is 9.41. The van der Waals surface area contributed by atoms with Crippen molar-refractivity contribution in [1.29, 1.82) is 0 Å². The van der Waals surface area contributed by atoms with Crippen LogP contribution in [0.1, 0.15) is 47.1 Å². The molecule has 0 saturated heterocycles. The molecule has 144 valence electrons. The first kappa shape index (κ1) is 23.4. The van der Waals surface area contributed by atoms with E-state index in [1.807, 2.05) is 18.2 Å². The molecule has 0 amide bonds. The molecular weight excluding hydrogens is 356 g/mol. The van der Waals surface area contributed by atoms with E-state index in [-0.39, 0.29) is 0 Å². The van der Waals surface area contributed by atoms with E-state index in [0.29, 0.717) is 16.6 Å². The maximum Gasteiger partial charge on any atom is 0.175 e. The number of hydrogen-bond acceptors (Lipinski definition) is 0. The highest BCUT2D eigenvalue weighted by Gasteiger charge is 2.42. The maximum absolute atomic E-state index is 6.10. The fraction of sp³-hybridized carbons (Fsp3) is 0.520. The van der Waals surface area contributed by atoms with Gasteiger partial charge in [0.1, 0.15) is 16.1 Å². The van der Waals surface area contributed by atoms with E-state index < -0.39 is 21.6 Å². The summed E-state index contributed by atoms with van der Waals surface area (Å²) < 4.78 is 0. The van der Waals surface area contributed by atoms with E-state index in [0.717, 1.165) is 5.56 Å². The predicted molar refractivity (Wildman–Crippen MR) is 127 cm³/mol. The minimum atomic E-state index is -1.87. The summed E-state index contributed by atoms with van der Waals surface area (Å²) in [5.41, 5.74) is 9.22. The van der Waals surface area contributed by atoms with E-state index in [2.05, 4.69) is 102 Å². The average molecular weight is 393 g/mol. The van der Waals surface area contributed by atoms with E-state index in [1.165, 1.54) is 0 Å². The molecule has 0 unspecified atom stereocenters. The second kappa shape index (κ2) is 9.02. The lowest BCUT2D eigenvalue weighted by Gasteiger charge is -2.38. The minimum Gasteiger partial charge on any atom is -0.129 e. The molecule has 1 aromatic rings. The normalized spacial score (nSPS) is 14.0. The van der Waals surface area contributed by atoms with E-state index in [1.54, 1.807) is 0 Å². The first-order chi connectivity index (χ1) is 12.4. The van der Waals surface area contributed by atoms with Crippen molar-refractivity contribution < 1.29 is 0 Å². The topological polar surface area (TPSA) is 0 Å². The molecule has 0 heterocycles. The van der Waals surface area contributed by atoms with Crippen LogP contribution in [-0.4, -0.2) is 16.1 Å². The van der Waals surface area contributed by atoms with Gasteiger partial charge in [-0.05, 0) is 22.2 Å². The summed E-state index contributed by atoms with van der Waals surface area (Å²) in [6, 6.07) is 10.2. The first-order valence-electron chi connectivity index (χ1n) is 10.0. The zero-order valence-corrected chi connectivity index (χ0v) is 20.7. The highest BCUT2D eigenvalue weighted by atomic mass is 28.3. The Morgan fingerprint density at radius 3 is 1.59 bits per heavy atom. The Bertz CT molecular complexity index is 759. The Labute approximate surface area is 170 Å². The Kier molecular flexibility index (Phi) is 7.80. The van der Waals surface area contributed by atoms with Gasteiger partial charge in [0.2, 0.25) is 0 Å². The van der Waals surface area contributed by atoms with Crippen LogP contribution in [-0.2, 0) is 5.41 Å². The lowest BCUT2D eigenvalue weighted by molar-refractivity contribution is 0.837. The standard InChI is InChI=1S/C25H36Si2/c1-11-25(17-19-26(8,9)10,24-15-13-12-14-16-24)18-20-27(21(2)3,22(4)5)23(6)7/h1,12-16,21-23H,2-10H3/t25-/m0/s1. The van der Waals surface area contributed by atoms with Gasteiger partial charge in [0.15, 0.2) is 5.41 Å². The molecule has 0 aliphatic carbocycles. The first-order valence-corrected chi connectivity index (χ1v) is 15.8. The van der Waals surface area contributed by atoms with E-state index in [9.17, 15) is 0 Å². The summed E-state index contributed by atoms with van der Waals surface area (Å²) in [5.74, 6) is 10.0. The Balaban J connectivity index is 3.76. The monoisotopic (exact) mass is 392 g/mol. The van der Waals surface area contributed by atoms with Crippen LogP contribution in [0.3, 0.4) is 0 Å². The van der Waals surface area contributed by atoms with Crippen LogP contribution in [0.2, 0.25) is 36.3 Å². The molecular formula is C25H36Si2. The van der Waals surface area contributed by atoms with Crippen molar-refractivity contribution >= 4 is 16.1 Å². The third-order valence-corrected chi connectivity index (χ3v) is 12.5. The fourth-order valence-electron chi connectivity index (χ4n) is 3.94. The van der Waals surface area contributed by atoms with Gasteiger partial charge in [-0.2, -0.15) is 0 Å². The summed E-state index contributed by atoms with van der Waals surface area (Å²) in [6.45, 7) is 20.7. The number of benzene rings is 1. The van der Waals surface area contributed by atoms with Crippen LogP contribution in [0.15, 0.2) is 30.3 Å². The predicted octanol–water partition coefficient (Wildman–Crippen LogP) is 6.66. The van der Waals surface area contributed by atoms with Gasteiger partial charge >= 0.3 is 0 Å². The third kappa shape index (κ3) is 5.42. The van der Waals surface area contributed by atoms with Gasteiger partial charge in [-0.3, -0.25) is 0 Å². The summed E-state index contributed by atoms with van der Waals surface area (Å²) >= 11 is 0. The minimum absolute atomic E-state index is 0.571. The van der Waals surface area contributed by atoms with Crippen LogP contribution in [0.4, 0.5) is 0 Å². The number of hydrogen-bond donors (Lipinski definition) is 0. The molecule has 1 rings (SSSR count). The zero-order valence-electron chi connectivity index (χ0n) is 18.7. The average Bonchev–Trinajstić information content (AvgIpc) is 2.57. The molecule has 0 bridgehead atoms. The molecule has 0 nitrogen and oxygen atoms in total. The summed E-state index contributed by atoms with van der Waals surface area (Å²) in [6.07, 6.45) is 6.10. The zero-order chi connectivity index (χ0) is 20.9. The van der Waals surface area contributed by atoms with E-state index >= 15 is 0 Å². The lowest BCUT2D eigenvalue weighted by Crippen LogP contribution is -2.43. The molecule has 0 fully saturated rings. The number of rotatable bonds is 4. The van der Waals surface area contributed by atoms with E-state index in [4.69, 9.17) is 6.42 Å². The Morgan fingerprint density at radius 2 is 1.22 bits per heavy atom. The fourth-order valence-corrected chi connectivity index (χ4v) is 9.77. The summed E-state index contributed by atoms with van der Waals surface area (Å²) in [5, 5.41) is 0. The highest BCUT2D eigenvalue weighted by molar-refractivity contribution is 6.90. The quantitative estimate of drug-likeness (QED) is 0.397. The lowest BCUT2D eigenvalue weighted by atomic mass is 9.83. The van der Waals surface area contributed by atoms with Gasteiger partial charge in [0, 0.05) is 0 Å². The van der Waals surface area contributed by atoms with Crippen molar-refractivity contribution in [2.45, 2.75) is 83.2 Å². The molecule has 0 saturated carbocycles. The Hall–Kier alpha value is -1.67. The van der Waals surface area contributed by atoms with Crippen LogP contribution in [0.25, 0.3) is 0 Å². The maximum atomic E-state index is 6.10. The van der Waals surface area contributed by atoms with Crippen molar-refractivity contribution in [3.05, 3.63) is 35.9 Å². The largest absolute Gasteiger partial charge is 0.175 e. The molecule has 1 aromatic carbocycles. The van der Waals surface area contributed by atoms with Gasteiger partial charge in [-0.25, -0.2) is 0 Å². The highest BCUT2D eigenvalue weighted by Crippen LogP contribution is 2.41. The van der Waals surface area contributed by atoms with Crippen molar-refractivity contribution in [2.75, 3.05) is 0 Å². The molecule has 2 heteroatoms. The smallest absolute Gasteiger partial charge is 0.129 e. The van der Waals surface area contributed by atoms with Gasteiger partial charge in [0.25, 0.3) is 0 Å². The van der Waals surface area contributed by atoms with Crippen LogP contribution in [0.5, 0.6) is 0 Å². The SMILES string of the molecule is C#C[C@](C#C[Si](C)(C)C)(C#C[Si](C(C)C)(C(C)C)C(C)C)c1ccccc1. The molecule has 0 aromatic heterocycles. The van der Waals surface area contributed by atoms with Crippen molar-refractivity contribution in [3.63, 3.8) is 0 Å². The van der Waals surface area contributed by atoms with Gasteiger partial charge < -0.3 is 0 Å².